The third kappa shape index (κ3) is 3.81. The number of likely N-dealkylation sites (tertiary alicyclic amines) is 1. The van der Waals surface area contributed by atoms with E-state index in [1.807, 2.05) is 19.2 Å². The monoisotopic (exact) mass is 369 g/mol. The first-order chi connectivity index (χ1) is 11.6. The van der Waals surface area contributed by atoms with Crippen molar-refractivity contribution in [1.82, 2.24) is 10.2 Å². The minimum atomic E-state index is -0.0460. The fourth-order valence-electron chi connectivity index (χ4n) is 3.73. The third-order valence-corrected chi connectivity index (χ3v) is 5.70. The second-order valence-electron chi connectivity index (χ2n) is 6.61. The molecule has 1 aromatic carbocycles. The highest BCUT2D eigenvalue weighted by Gasteiger charge is 2.36. The molecule has 0 aliphatic carbocycles. The van der Waals surface area contributed by atoms with Crippen LogP contribution in [0, 0.1) is 0 Å². The van der Waals surface area contributed by atoms with Gasteiger partial charge >= 0.3 is 0 Å². The van der Waals surface area contributed by atoms with Crippen LogP contribution in [-0.4, -0.2) is 50.8 Å². The Labute approximate surface area is 154 Å². The van der Waals surface area contributed by atoms with E-state index in [0.29, 0.717) is 5.02 Å². The molecule has 0 amide bonds. The van der Waals surface area contributed by atoms with Crippen LogP contribution >= 0.6 is 23.2 Å². The molecule has 2 fully saturated rings. The molecule has 4 nitrogen and oxygen atoms in total. The molecule has 0 atom stereocenters. The summed E-state index contributed by atoms with van der Waals surface area (Å²) in [6.07, 6.45) is 4.36. The lowest BCUT2D eigenvalue weighted by Gasteiger charge is -2.39. The van der Waals surface area contributed by atoms with Crippen LogP contribution < -0.4 is 5.32 Å². The average molecular weight is 370 g/mol. The van der Waals surface area contributed by atoms with Gasteiger partial charge in [-0.15, -0.1) is 0 Å². The summed E-state index contributed by atoms with van der Waals surface area (Å²) in [5.41, 5.74) is 1.11. The molecule has 2 saturated heterocycles. The molecule has 2 aliphatic heterocycles. The summed E-state index contributed by atoms with van der Waals surface area (Å²) >= 11 is 12.6. The first-order valence-corrected chi connectivity index (χ1v) is 9.39. The van der Waals surface area contributed by atoms with Gasteiger partial charge < -0.3 is 15.0 Å². The Balaban J connectivity index is 1.80. The molecule has 0 unspecified atom stereocenters. The summed E-state index contributed by atoms with van der Waals surface area (Å²) < 4.78 is 5.61. The van der Waals surface area contributed by atoms with E-state index >= 15 is 0 Å². The number of ether oxygens (including phenoxy) is 1. The minimum absolute atomic E-state index is 0.0460. The largest absolute Gasteiger partial charge is 0.381 e. The van der Waals surface area contributed by atoms with Crippen molar-refractivity contribution in [3.8, 4) is 0 Å². The molecule has 1 aromatic rings. The van der Waals surface area contributed by atoms with E-state index in [1.54, 1.807) is 0 Å². The van der Waals surface area contributed by atoms with Crippen molar-refractivity contribution in [1.29, 1.82) is 0 Å². The van der Waals surface area contributed by atoms with Crippen LogP contribution in [0.1, 0.15) is 31.2 Å². The van der Waals surface area contributed by atoms with Crippen LogP contribution in [0.4, 0.5) is 0 Å². The zero-order chi connectivity index (χ0) is 17.0. The fraction of sp³-hybridized carbons (Fsp3) is 0.611. The van der Waals surface area contributed by atoms with E-state index < -0.39 is 0 Å². The van der Waals surface area contributed by atoms with Gasteiger partial charge in [-0.05, 0) is 43.4 Å². The van der Waals surface area contributed by atoms with Gasteiger partial charge in [0.05, 0.1) is 0 Å². The molecular weight excluding hydrogens is 345 g/mol. The topological polar surface area (TPSA) is 36.9 Å². The van der Waals surface area contributed by atoms with Crippen LogP contribution in [0.15, 0.2) is 23.2 Å². The summed E-state index contributed by atoms with van der Waals surface area (Å²) in [6.45, 7) is 4.47. The zero-order valence-electron chi connectivity index (χ0n) is 14.2. The van der Waals surface area contributed by atoms with Gasteiger partial charge in [-0.25, -0.2) is 0 Å². The third-order valence-electron chi connectivity index (χ3n) is 5.15. The summed E-state index contributed by atoms with van der Waals surface area (Å²) in [5, 5.41) is 5.00. The molecule has 132 valence electrons. The number of hydrogen-bond acceptors (Lipinski definition) is 2. The molecule has 0 radical (unpaired) electrons. The van der Waals surface area contributed by atoms with Gasteiger partial charge in [-0.3, -0.25) is 4.99 Å². The molecule has 0 aromatic heterocycles. The van der Waals surface area contributed by atoms with Crippen molar-refractivity contribution in [2.45, 2.75) is 31.1 Å². The van der Waals surface area contributed by atoms with Gasteiger partial charge in [0, 0.05) is 55.4 Å². The predicted octanol–water partition coefficient (Wildman–Crippen LogP) is 3.71. The number of nitrogens with one attached hydrogen (secondary N) is 1. The quantitative estimate of drug-likeness (QED) is 0.651. The molecule has 2 aliphatic rings. The molecule has 0 spiro atoms. The Morgan fingerprint density at radius 3 is 2.58 bits per heavy atom. The van der Waals surface area contributed by atoms with Gasteiger partial charge in [-0.2, -0.15) is 0 Å². The van der Waals surface area contributed by atoms with Crippen molar-refractivity contribution >= 4 is 29.2 Å². The van der Waals surface area contributed by atoms with Crippen molar-refractivity contribution in [2.75, 3.05) is 39.9 Å². The molecule has 2 heterocycles. The Morgan fingerprint density at radius 1 is 1.25 bits per heavy atom. The second kappa shape index (κ2) is 7.94. The second-order valence-corrected chi connectivity index (χ2v) is 7.46. The average Bonchev–Trinajstić information content (AvgIpc) is 3.10. The smallest absolute Gasteiger partial charge is 0.193 e. The van der Waals surface area contributed by atoms with E-state index in [2.05, 4.69) is 21.3 Å². The van der Waals surface area contributed by atoms with Crippen molar-refractivity contribution in [3.05, 3.63) is 33.8 Å². The number of nitrogens with zero attached hydrogens (tertiary/aromatic N) is 2. The summed E-state index contributed by atoms with van der Waals surface area (Å²) in [7, 11) is 1.85. The van der Waals surface area contributed by atoms with Gasteiger partial charge in [0.15, 0.2) is 5.96 Å². The minimum Gasteiger partial charge on any atom is -0.381 e. The lowest BCUT2D eigenvalue weighted by atomic mass is 9.74. The van der Waals surface area contributed by atoms with E-state index in [-0.39, 0.29) is 5.41 Å². The van der Waals surface area contributed by atoms with Crippen molar-refractivity contribution in [2.24, 2.45) is 4.99 Å². The lowest BCUT2D eigenvalue weighted by Crippen LogP contribution is -2.48. The van der Waals surface area contributed by atoms with Crippen molar-refractivity contribution < 1.29 is 4.74 Å². The Morgan fingerprint density at radius 2 is 1.96 bits per heavy atom. The molecular formula is C18H25Cl2N3O. The van der Waals surface area contributed by atoms with Crippen LogP contribution in [0.25, 0.3) is 0 Å². The number of halogens is 2. The number of rotatable bonds is 3. The van der Waals surface area contributed by atoms with Gasteiger partial charge in [-0.1, -0.05) is 29.3 Å². The Bertz CT molecular complexity index is 594. The summed E-state index contributed by atoms with van der Waals surface area (Å²) in [4.78, 5) is 6.79. The highest BCUT2D eigenvalue weighted by Crippen LogP contribution is 2.39. The highest BCUT2D eigenvalue weighted by molar-refractivity contribution is 6.35. The number of aliphatic imine (C=N–C) groups is 1. The predicted molar refractivity (Wildman–Crippen MR) is 100 cm³/mol. The van der Waals surface area contributed by atoms with Gasteiger partial charge in [0.1, 0.15) is 0 Å². The molecule has 6 heteroatoms. The molecule has 0 saturated carbocycles. The Kier molecular flexibility index (Phi) is 5.90. The first kappa shape index (κ1) is 17.8. The van der Waals surface area contributed by atoms with Crippen LogP contribution in [0.3, 0.4) is 0 Å². The lowest BCUT2D eigenvalue weighted by molar-refractivity contribution is 0.0512. The van der Waals surface area contributed by atoms with E-state index in [1.165, 1.54) is 12.8 Å². The zero-order valence-corrected chi connectivity index (χ0v) is 15.7. The van der Waals surface area contributed by atoms with Crippen LogP contribution in [0.5, 0.6) is 0 Å². The standard InChI is InChI=1S/C18H25Cl2N3O/c1-21-17(23-8-2-3-9-23)22-13-18(6-10-24-11-7-18)15-5-4-14(19)12-16(15)20/h4-5,12H,2-3,6-11,13H2,1H3,(H,21,22). The van der Waals surface area contributed by atoms with Gasteiger partial charge in [0.2, 0.25) is 0 Å². The summed E-state index contributed by atoms with van der Waals surface area (Å²) in [5.74, 6) is 0.989. The normalized spacial score (nSPS) is 21.1. The summed E-state index contributed by atoms with van der Waals surface area (Å²) in [6, 6.07) is 5.83. The van der Waals surface area contributed by atoms with Gasteiger partial charge in [0.25, 0.3) is 0 Å². The highest BCUT2D eigenvalue weighted by atomic mass is 35.5. The Hall–Kier alpha value is -0.970. The number of guanidine groups is 1. The SMILES string of the molecule is CN=C(NCC1(c2ccc(Cl)cc2Cl)CCOCC1)N1CCCC1. The first-order valence-electron chi connectivity index (χ1n) is 8.63. The number of hydrogen-bond donors (Lipinski definition) is 1. The maximum atomic E-state index is 6.53. The fourth-order valence-corrected chi connectivity index (χ4v) is 4.34. The van der Waals surface area contributed by atoms with E-state index in [9.17, 15) is 0 Å². The molecule has 3 rings (SSSR count). The van der Waals surface area contributed by atoms with E-state index in [4.69, 9.17) is 27.9 Å². The van der Waals surface area contributed by atoms with Crippen LogP contribution in [-0.2, 0) is 10.2 Å². The van der Waals surface area contributed by atoms with E-state index in [0.717, 1.165) is 62.2 Å². The molecule has 1 N–H and O–H groups in total. The van der Waals surface area contributed by atoms with Crippen LogP contribution in [0.2, 0.25) is 10.0 Å². The molecule has 0 bridgehead atoms. The number of benzene rings is 1. The maximum absolute atomic E-state index is 6.53. The van der Waals surface area contributed by atoms with Crippen molar-refractivity contribution in [3.63, 3.8) is 0 Å². The molecule has 24 heavy (non-hydrogen) atoms. The maximum Gasteiger partial charge on any atom is 0.193 e.